The van der Waals surface area contributed by atoms with E-state index in [1.54, 1.807) is 0 Å². The molecule has 0 heterocycles. The van der Waals surface area contributed by atoms with Gasteiger partial charge in [0.1, 0.15) is 13.2 Å². The Hall–Kier alpha value is -2.37. The Morgan fingerprint density at radius 1 is 0.267 bits per heavy atom. The monoisotopic (exact) mass is 1050 g/mol. The molecule has 0 bridgehead atoms. The summed E-state index contributed by atoms with van der Waals surface area (Å²) in [6.45, 7) is 6.69. The fraction of sp³-hybridized carbons (Fsp3) is 0.870. The summed E-state index contributed by atoms with van der Waals surface area (Å²) in [5.74, 6) is -0.848. The van der Waals surface area contributed by atoms with Crippen LogP contribution in [0.5, 0.6) is 0 Å². The van der Waals surface area contributed by atoms with Crippen LogP contribution >= 0.6 is 0 Å². The first-order valence-corrected chi connectivity index (χ1v) is 33.5. The number of allylic oxidation sites excluding steroid dienone is 6. The SMILES string of the molecule is CCCCCCC/C=C\C/C=C\CCCCCCCCCCCCCC(=O)OCC(COC(=O)CCCCCCCCCCCCCCC)OC(=O)CCCCCCCCCCC/C=C\CCCCCCCCCC. The smallest absolute Gasteiger partial charge is 0.306 e. The maximum absolute atomic E-state index is 12.9. The summed E-state index contributed by atoms with van der Waals surface area (Å²) in [4.78, 5) is 38.3. The van der Waals surface area contributed by atoms with Crippen molar-refractivity contribution >= 4 is 17.9 Å². The molecule has 0 saturated carbocycles. The first-order valence-electron chi connectivity index (χ1n) is 33.5. The highest BCUT2D eigenvalue weighted by Crippen LogP contribution is 2.17. The van der Waals surface area contributed by atoms with E-state index in [2.05, 4.69) is 57.2 Å². The van der Waals surface area contributed by atoms with E-state index >= 15 is 0 Å². The average Bonchev–Trinajstić information content (AvgIpc) is 3.41. The van der Waals surface area contributed by atoms with Gasteiger partial charge in [0, 0.05) is 19.3 Å². The Labute approximate surface area is 467 Å². The number of ether oxygens (including phenoxy) is 3. The Bertz CT molecular complexity index is 1250. The van der Waals surface area contributed by atoms with Crippen molar-refractivity contribution in [2.75, 3.05) is 13.2 Å². The van der Waals surface area contributed by atoms with E-state index < -0.39 is 6.10 Å². The topological polar surface area (TPSA) is 78.9 Å². The van der Waals surface area contributed by atoms with Gasteiger partial charge in [-0.05, 0) is 77.0 Å². The van der Waals surface area contributed by atoms with Crippen LogP contribution in [-0.4, -0.2) is 37.2 Å². The molecule has 0 aromatic rings. The second-order valence-electron chi connectivity index (χ2n) is 22.7. The first-order chi connectivity index (χ1) is 37.0. The number of esters is 3. The summed E-state index contributed by atoms with van der Waals surface area (Å²) in [7, 11) is 0. The maximum Gasteiger partial charge on any atom is 0.306 e. The van der Waals surface area contributed by atoms with Gasteiger partial charge >= 0.3 is 17.9 Å². The third kappa shape index (κ3) is 62.4. The van der Waals surface area contributed by atoms with Crippen LogP contribution in [0.3, 0.4) is 0 Å². The molecule has 1 unspecified atom stereocenters. The molecule has 0 saturated heterocycles. The van der Waals surface area contributed by atoms with Crippen LogP contribution in [0.1, 0.15) is 367 Å². The molecule has 0 rings (SSSR count). The summed E-state index contributed by atoms with van der Waals surface area (Å²) >= 11 is 0. The lowest BCUT2D eigenvalue weighted by molar-refractivity contribution is -0.167. The van der Waals surface area contributed by atoms with Crippen molar-refractivity contribution in [1.82, 2.24) is 0 Å². The van der Waals surface area contributed by atoms with Crippen LogP contribution in [-0.2, 0) is 28.6 Å². The Balaban J connectivity index is 4.28. The fourth-order valence-corrected chi connectivity index (χ4v) is 10.1. The molecular weight excluding hydrogens is 925 g/mol. The summed E-state index contributed by atoms with van der Waals surface area (Å²) in [5.41, 5.74) is 0. The van der Waals surface area contributed by atoms with Crippen LogP contribution in [0.15, 0.2) is 36.5 Å². The van der Waals surface area contributed by atoms with Crippen molar-refractivity contribution in [1.29, 1.82) is 0 Å². The minimum atomic E-state index is -0.772. The van der Waals surface area contributed by atoms with Gasteiger partial charge in [-0.15, -0.1) is 0 Å². The lowest BCUT2D eigenvalue weighted by atomic mass is 10.0. The highest BCUT2D eigenvalue weighted by Gasteiger charge is 2.19. The van der Waals surface area contributed by atoms with Crippen molar-refractivity contribution in [3.8, 4) is 0 Å². The Morgan fingerprint density at radius 2 is 0.480 bits per heavy atom. The zero-order valence-electron chi connectivity index (χ0n) is 50.6. The molecule has 75 heavy (non-hydrogen) atoms. The first kappa shape index (κ1) is 72.6. The minimum absolute atomic E-state index is 0.0688. The highest BCUT2D eigenvalue weighted by molar-refractivity contribution is 5.71. The van der Waals surface area contributed by atoms with Crippen molar-refractivity contribution in [2.24, 2.45) is 0 Å². The summed E-state index contributed by atoms with van der Waals surface area (Å²) in [5, 5.41) is 0. The van der Waals surface area contributed by atoms with Gasteiger partial charge in [0.15, 0.2) is 6.10 Å². The predicted octanol–water partition coefficient (Wildman–Crippen LogP) is 22.8. The van der Waals surface area contributed by atoms with Crippen molar-refractivity contribution in [2.45, 2.75) is 374 Å². The number of carbonyl (C=O) groups excluding carboxylic acids is 3. The van der Waals surface area contributed by atoms with Crippen molar-refractivity contribution in [3.05, 3.63) is 36.5 Å². The second kappa shape index (κ2) is 64.2. The molecular formula is C69H128O6. The lowest BCUT2D eigenvalue weighted by Gasteiger charge is -2.18. The Morgan fingerprint density at radius 3 is 0.747 bits per heavy atom. The summed E-state index contributed by atoms with van der Waals surface area (Å²) < 4.78 is 17.0. The molecule has 440 valence electrons. The molecule has 0 amide bonds. The third-order valence-corrected chi connectivity index (χ3v) is 15.1. The molecule has 0 fully saturated rings. The largest absolute Gasteiger partial charge is 0.462 e. The van der Waals surface area contributed by atoms with Gasteiger partial charge < -0.3 is 14.2 Å². The number of hydrogen-bond acceptors (Lipinski definition) is 6. The van der Waals surface area contributed by atoms with Crippen LogP contribution < -0.4 is 0 Å². The number of carbonyl (C=O) groups is 3. The molecule has 0 aliphatic carbocycles. The summed E-state index contributed by atoms with van der Waals surface area (Å²) in [6.07, 6.45) is 78.7. The van der Waals surface area contributed by atoms with Gasteiger partial charge in [-0.2, -0.15) is 0 Å². The molecule has 0 N–H and O–H groups in total. The van der Waals surface area contributed by atoms with Gasteiger partial charge in [0.2, 0.25) is 0 Å². The molecule has 1 atom stereocenters. The number of rotatable bonds is 62. The molecule has 6 heteroatoms. The molecule has 0 aliphatic heterocycles. The minimum Gasteiger partial charge on any atom is -0.462 e. The predicted molar refractivity (Wildman–Crippen MR) is 326 cm³/mol. The average molecular weight is 1050 g/mol. The lowest BCUT2D eigenvalue weighted by Crippen LogP contribution is -2.30. The van der Waals surface area contributed by atoms with Gasteiger partial charge in [-0.3, -0.25) is 14.4 Å². The summed E-state index contributed by atoms with van der Waals surface area (Å²) in [6, 6.07) is 0. The van der Waals surface area contributed by atoms with E-state index in [1.807, 2.05) is 0 Å². The molecule has 0 spiro atoms. The number of hydrogen-bond donors (Lipinski definition) is 0. The highest BCUT2D eigenvalue weighted by atomic mass is 16.6. The van der Waals surface area contributed by atoms with Crippen LogP contribution in [0.4, 0.5) is 0 Å². The molecule has 0 radical (unpaired) electrons. The van der Waals surface area contributed by atoms with E-state index in [1.165, 1.54) is 263 Å². The van der Waals surface area contributed by atoms with E-state index in [0.29, 0.717) is 19.3 Å². The molecule has 0 aromatic heterocycles. The Kier molecular flexibility index (Phi) is 62.1. The maximum atomic E-state index is 12.9. The van der Waals surface area contributed by atoms with E-state index in [9.17, 15) is 14.4 Å². The number of unbranched alkanes of at least 4 members (excludes halogenated alkanes) is 45. The zero-order chi connectivity index (χ0) is 54.3. The van der Waals surface area contributed by atoms with E-state index in [0.717, 1.165) is 64.2 Å². The normalized spacial score (nSPS) is 12.2. The van der Waals surface area contributed by atoms with Crippen LogP contribution in [0.25, 0.3) is 0 Å². The third-order valence-electron chi connectivity index (χ3n) is 15.1. The van der Waals surface area contributed by atoms with E-state index in [-0.39, 0.29) is 31.1 Å². The van der Waals surface area contributed by atoms with Crippen molar-refractivity contribution < 1.29 is 28.6 Å². The standard InChI is InChI=1S/C69H128O6/c1-4-7-10-13-16-19-22-25-27-29-31-33-34-36-37-39-41-44-47-50-53-56-59-62-68(71)74-65-66(64-73-67(70)61-58-55-52-49-46-43-24-21-18-15-12-9-6-3)75-69(72)63-60-57-54-51-48-45-42-40-38-35-32-30-28-26-23-20-17-14-11-8-5-2/h22,25,29-32,66H,4-21,23-24,26-28,33-65H2,1-3H3/b25-22-,31-29-,32-30-. The van der Waals surface area contributed by atoms with E-state index in [4.69, 9.17) is 14.2 Å². The van der Waals surface area contributed by atoms with Gasteiger partial charge in [-0.25, -0.2) is 0 Å². The van der Waals surface area contributed by atoms with Gasteiger partial charge in [0.05, 0.1) is 0 Å². The molecule has 6 nitrogen and oxygen atoms in total. The second-order valence-corrected chi connectivity index (χ2v) is 22.7. The molecule has 0 aromatic carbocycles. The van der Waals surface area contributed by atoms with Crippen LogP contribution in [0.2, 0.25) is 0 Å². The van der Waals surface area contributed by atoms with Crippen LogP contribution in [0, 0.1) is 0 Å². The van der Waals surface area contributed by atoms with Gasteiger partial charge in [0.25, 0.3) is 0 Å². The quantitative estimate of drug-likeness (QED) is 0.0261. The van der Waals surface area contributed by atoms with Crippen molar-refractivity contribution in [3.63, 3.8) is 0 Å². The zero-order valence-corrected chi connectivity index (χ0v) is 50.6. The fourth-order valence-electron chi connectivity index (χ4n) is 10.1. The molecule has 0 aliphatic rings. The van der Waals surface area contributed by atoms with Gasteiger partial charge in [-0.1, -0.05) is 308 Å².